The summed E-state index contributed by atoms with van der Waals surface area (Å²) in [4.78, 5) is 12.0. The van der Waals surface area contributed by atoms with Gasteiger partial charge in [0.25, 0.3) is 0 Å². The average Bonchev–Trinajstić information content (AvgIpc) is 2.33. The zero-order valence-electron chi connectivity index (χ0n) is 4.73. The first-order valence-electron chi connectivity index (χ1n) is 2.76. The largest absolute Gasteiger partial charge is 0.266 e. The summed E-state index contributed by atoms with van der Waals surface area (Å²) in [7, 11) is 0. The number of hydrogen-bond donors (Lipinski definition) is 0. The van der Waals surface area contributed by atoms with Gasteiger partial charge in [0, 0.05) is 12.4 Å². The topological polar surface area (TPSA) is 37.1 Å². The molecule has 2 aliphatic heterocycles. The van der Waals surface area contributed by atoms with Crippen LogP contribution in [0.25, 0.3) is 0 Å². The first-order chi connectivity index (χ1) is 4.47. The molecule has 2 heterocycles. The lowest BCUT2D eigenvalue weighted by molar-refractivity contribution is 1.19. The number of hydrogen-bond acceptors (Lipinski definition) is 3. The van der Waals surface area contributed by atoms with Gasteiger partial charge in [-0.15, -0.1) is 0 Å². The predicted molar refractivity (Wildman–Crippen MR) is 37.3 cm³/mol. The molecule has 3 nitrogen and oxygen atoms in total. The second-order valence-electron chi connectivity index (χ2n) is 1.88. The van der Waals surface area contributed by atoms with Gasteiger partial charge in [-0.25, -0.2) is 4.99 Å². The Morgan fingerprint density at radius 3 is 3.33 bits per heavy atom. The van der Waals surface area contributed by atoms with Gasteiger partial charge in [-0.1, -0.05) is 0 Å². The van der Waals surface area contributed by atoms with E-state index in [0.29, 0.717) is 0 Å². The molecule has 2 aliphatic rings. The molecular weight excluding hydrogens is 114 g/mol. The third-order valence-corrected chi connectivity index (χ3v) is 1.30. The summed E-state index contributed by atoms with van der Waals surface area (Å²) in [6, 6.07) is 0.106. The van der Waals surface area contributed by atoms with Crippen molar-refractivity contribution in [1.82, 2.24) is 0 Å². The van der Waals surface area contributed by atoms with Gasteiger partial charge in [-0.2, -0.15) is 0 Å². The second-order valence-corrected chi connectivity index (χ2v) is 1.88. The van der Waals surface area contributed by atoms with E-state index in [9.17, 15) is 0 Å². The highest BCUT2D eigenvalue weighted by Gasteiger charge is 2.14. The molecule has 1 unspecified atom stereocenters. The lowest BCUT2D eigenvalue weighted by Crippen LogP contribution is -2.16. The van der Waals surface area contributed by atoms with Crippen LogP contribution in [0.3, 0.4) is 0 Å². The van der Waals surface area contributed by atoms with Crippen molar-refractivity contribution in [3.05, 3.63) is 12.3 Å². The maximum Gasteiger partial charge on any atom is 0.129 e. The summed E-state index contributed by atoms with van der Waals surface area (Å²) >= 11 is 0. The molecule has 44 valence electrons. The molecule has 0 radical (unpaired) electrons. The molecule has 0 spiro atoms. The summed E-state index contributed by atoms with van der Waals surface area (Å²) in [6.07, 6.45) is 6.95. The summed E-state index contributed by atoms with van der Waals surface area (Å²) in [5.41, 5.74) is 0.991. The minimum Gasteiger partial charge on any atom is -0.266 e. The summed E-state index contributed by atoms with van der Waals surface area (Å²) in [6.45, 7) is 0. The first kappa shape index (κ1) is 4.61. The molecule has 0 saturated heterocycles. The molecule has 0 N–H and O–H groups in total. The minimum absolute atomic E-state index is 0.106. The second kappa shape index (κ2) is 1.62. The lowest BCUT2D eigenvalue weighted by Gasteiger charge is -2.01. The Labute approximate surface area is 52.5 Å². The first-order valence-corrected chi connectivity index (χ1v) is 2.76. The van der Waals surface area contributed by atoms with Crippen LogP contribution in [0.5, 0.6) is 0 Å². The van der Waals surface area contributed by atoms with Crippen molar-refractivity contribution >= 4 is 18.3 Å². The molecule has 2 rings (SSSR count). The lowest BCUT2D eigenvalue weighted by atomic mass is 10.2. The Hall–Kier alpha value is -1.25. The summed E-state index contributed by atoms with van der Waals surface area (Å²) in [5, 5.41) is 0. The van der Waals surface area contributed by atoms with Crippen molar-refractivity contribution in [3.63, 3.8) is 0 Å². The third-order valence-electron chi connectivity index (χ3n) is 1.30. The standard InChI is InChI=1S/C6H5N3/c1-2-7-3-6-5(1)8-4-9-6/h1-4,6H. The van der Waals surface area contributed by atoms with E-state index in [-0.39, 0.29) is 6.04 Å². The van der Waals surface area contributed by atoms with Gasteiger partial charge in [0.1, 0.15) is 12.4 Å². The number of rotatable bonds is 0. The van der Waals surface area contributed by atoms with E-state index in [0.717, 1.165) is 5.71 Å². The third kappa shape index (κ3) is 0.614. The van der Waals surface area contributed by atoms with Crippen LogP contribution in [0.1, 0.15) is 0 Å². The molecule has 0 fully saturated rings. The van der Waals surface area contributed by atoms with E-state index in [2.05, 4.69) is 15.0 Å². The van der Waals surface area contributed by atoms with Crippen LogP contribution in [0.2, 0.25) is 0 Å². The normalized spacial score (nSPS) is 28.4. The highest BCUT2D eigenvalue weighted by atomic mass is 15.0. The molecular formula is C6H5N3. The van der Waals surface area contributed by atoms with E-state index in [1.165, 1.54) is 0 Å². The Morgan fingerprint density at radius 1 is 1.44 bits per heavy atom. The zero-order chi connectivity index (χ0) is 6.10. The van der Waals surface area contributed by atoms with Crippen LogP contribution < -0.4 is 0 Å². The molecule has 0 bridgehead atoms. The van der Waals surface area contributed by atoms with Gasteiger partial charge in [0.15, 0.2) is 0 Å². The van der Waals surface area contributed by atoms with Crippen molar-refractivity contribution in [2.75, 3.05) is 0 Å². The van der Waals surface area contributed by atoms with Gasteiger partial charge in [0.2, 0.25) is 0 Å². The highest BCUT2D eigenvalue weighted by Crippen LogP contribution is 2.04. The monoisotopic (exact) mass is 119 g/mol. The van der Waals surface area contributed by atoms with E-state index in [4.69, 9.17) is 0 Å². The van der Waals surface area contributed by atoms with E-state index < -0.39 is 0 Å². The van der Waals surface area contributed by atoms with Crippen molar-refractivity contribution in [2.24, 2.45) is 15.0 Å². The predicted octanol–water partition coefficient (Wildman–Crippen LogP) is 0.436. The van der Waals surface area contributed by atoms with Crippen molar-refractivity contribution in [1.29, 1.82) is 0 Å². The van der Waals surface area contributed by atoms with Gasteiger partial charge >= 0.3 is 0 Å². The number of aliphatic imine (C=N–C) groups is 3. The molecule has 1 atom stereocenters. The van der Waals surface area contributed by atoms with Crippen molar-refractivity contribution in [2.45, 2.75) is 6.04 Å². The van der Waals surface area contributed by atoms with Crippen LogP contribution in [0.4, 0.5) is 0 Å². The fourth-order valence-electron chi connectivity index (χ4n) is 0.832. The van der Waals surface area contributed by atoms with Crippen LogP contribution >= 0.6 is 0 Å². The minimum atomic E-state index is 0.106. The van der Waals surface area contributed by atoms with Crippen molar-refractivity contribution in [3.8, 4) is 0 Å². The van der Waals surface area contributed by atoms with Crippen LogP contribution in [-0.2, 0) is 0 Å². The fraction of sp³-hybridized carbons (Fsp3) is 0.167. The zero-order valence-corrected chi connectivity index (χ0v) is 4.73. The van der Waals surface area contributed by atoms with Gasteiger partial charge in [-0.05, 0) is 6.08 Å². The maximum atomic E-state index is 4.03. The molecule has 9 heavy (non-hydrogen) atoms. The van der Waals surface area contributed by atoms with E-state index in [1.54, 1.807) is 18.8 Å². The molecule has 0 aromatic rings. The van der Waals surface area contributed by atoms with Gasteiger partial charge < -0.3 is 0 Å². The van der Waals surface area contributed by atoms with Crippen molar-refractivity contribution < 1.29 is 0 Å². The van der Waals surface area contributed by atoms with Crippen LogP contribution in [0, 0.1) is 0 Å². The number of fused-ring (bicyclic) bond motifs is 1. The van der Waals surface area contributed by atoms with Crippen LogP contribution in [-0.4, -0.2) is 24.3 Å². The smallest absolute Gasteiger partial charge is 0.129 e. The Balaban J connectivity index is 2.40. The summed E-state index contributed by atoms with van der Waals surface area (Å²) in [5.74, 6) is 0. The van der Waals surface area contributed by atoms with Crippen LogP contribution in [0.15, 0.2) is 27.3 Å². The average molecular weight is 119 g/mol. The Morgan fingerprint density at radius 2 is 2.44 bits per heavy atom. The Bertz CT molecular complexity index is 235. The van der Waals surface area contributed by atoms with Gasteiger partial charge in [0.05, 0.1) is 5.71 Å². The molecule has 0 aliphatic carbocycles. The molecule has 0 saturated carbocycles. The molecule has 3 heteroatoms. The molecule has 0 aromatic carbocycles. The Kier molecular flexibility index (Phi) is 0.828. The van der Waals surface area contributed by atoms with E-state index >= 15 is 0 Å². The highest BCUT2D eigenvalue weighted by molar-refractivity contribution is 6.15. The fourth-order valence-corrected chi connectivity index (χ4v) is 0.832. The summed E-state index contributed by atoms with van der Waals surface area (Å²) < 4.78 is 0. The number of nitrogens with zero attached hydrogens (tertiary/aromatic N) is 3. The maximum absolute atomic E-state index is 4.03. The quantitative estimate of drug-likeness (QED) is 0.443. The van der Waals surface area contributed by atoms with E-state index in [1.807, 2.05) is 6.08 Å². The molecule has 0 amide bonds. The molecule has 0 aromatic heterocycles. The SMILES string of the molecule is C1=CC2=NC=NC2C=N1. The van der Waals surface area contributed by atoms with Gasteiger partial charge in [-0.3, -0.25) is 9.98 Å².